The molecule has 0 fully saturated rings. The molecule has 0 saturated carbocycles. The maximum absolute atomic E-state index is 12.6. The normalized spacial score (nSPS) is 12.0. The van der Waals surface area contributed by atoms with E-state index in [-0.39, 0.29) is 11.6 Å². The highest BCUT2D eigenvalue weighted by atomic mass is 79.9. The summed E-state index contributed by atoms with van der Waals surface area (Å²) in [7, 11) is 0. The minimum absolute atomic E-state index is 0.0400. The molecule has 0 aromatic heterocycles. The highest BCUT2D eigenvalue weighted by Crippen LogP contribution is 2.28. The predicted molar refractivity (Wildman–Crippen MR) is 129 cm³/mol. The SMILES string of the molecule is C[C@@H](NC(=O)/C(C#N)=C/c1ccc(OCc2ccc(Br)cc2)c(Br)c1)c1ccccc1. The summed E-state index contributed by atoms with van der Waals surface area (Å²) in [5.41, 5.74) is 2.79. The first-order chi connectivity index (χ1) is 15.0. The highest BCUT2D eigenvalue weighted by Gasteiger charge is 2.14. The summed E-state index contributed by atoms with van der Waals surface area (Å²) in [6, 6.07) is 24.8. The topological polar surface area (TPSA) is 62.1 Å². The lowest BCUT2D eigenvalue weighted by Crippen LogP contribution is -2.27. The lowest BCUT2D eigenvalue weighted by Gasteiger charge is -2.14. The van der Waals surface area contributed by atoms with E-state index in [9.17, 15) is 10.1 Å². The van der Waals surface area contributed by atoms with Crippen molar-refractivity contribution < 1.29 is 9.53 Å². The smallest absolute Gasteiger partial charge is 0.262 e. The molecule has 1 N–H and O–H groups in total. The molecule has 3 aromatic carbocycles. The monoisotopic (exact) mass is 538 g/mol. The number of benzene rings is 3. The fourth-order valence-electron chi connectivity index (χ4n) is 2.88. The molecule has 0 saturated heterocycles. The first-order valence-electron chi connectivity index (χ1n) is 9.60. The Morgan fingerprint density at radius 1 is 1.10 bits per heavy atom. The summed E-state index contributed by atoms with van der Waals surface area (Å²) in [5, 5.41) is 12.3. The van der Waals surface area contributed by atoms with Gasteiger partial charge >= 0.3 is 0 Å². The summed E-state index contributed by atoms with van der Waals surface area (Å²) in [6.07, 6.45) is 1.57. The van der Waals surface area contributed by atoms with Gasteiger partial charge in [-0.2, -0.15) is 5.26 Å². The van der Waals surface area contributed by atoms with Crippen molar-refractivity contribution in [2.45, 2.75) is 19.6 Å². The molecule has 0 aliphatic heterocycles. The van der Waals surface area contributed by atoms with Gasteiger partial charge in [0.1, 0.15) is 24.0 Å². The number of halogens is 2. The van der Waals surface area contributed by atoms with E-state index in [0.717, 1.165) is 25.6 Å². The van der Waals surface area contributed by atoms with E-state index in [4.69, 9.17) is 4.74 Å². The van der Waals surface area contributed by atoms with Crippen LogP contribution in [0.1, 0.15) is 29.7 Å². The largest absolute Gasteiger partial charge is 0.488 e. The van der Waals surface area contributed by atoms with Crippen molar-refractivity contribution in [1.29, 1.82) is 5.26 Å². The molecule has 0 aliphatic rings. The molecule has 1 atom stereocenters. The van der Waals surface area contributed by atoms with Gasteiger partial charge in [0.25, 0.3) is 5.91 Å². The zero-order valence-corrected chi connectivity index (χ0v) is 20.0. The molecule has 0 radical (unpaired) electrons. The van der Waals surface area contributed by atoms with Crippen molar-refractivity contribution in [3.05, 3.63) is 104 Å². The molecule has 4 nitrogen and oxygen atoms in total. The van der Waals surface area contributed by atoms with Gasteiger partial charge in [-0.1, -0.05) is 64.5 Å². The summed E-state index contributed by atoms with van der Waals surface area (Å²) < 4.78 is 7.63. The van der Waals surface area contributed by atoms with E-state index in [1.807, 2.05) is 85.8 Å². The summed E-state index contributed by atoms with van der Waals surface area (Å²) in [4.78, 5) is 12.6. The molecular formula is C25H20Br2N2O2. The van der Waals surface area contributed by atoms with E-state index in [0.29, 0.717) is 12.4 Å². The molecule has 3 aromatic rings. The van der Waals surface area contributed by atoms with Crippen LogP contribution in [0.3, 0.4) is 0 Å². The van der Waals surface area contributed by atoms with Crippen molar-refractivity contribution >= 4 is 43.8 Å². The second kappa shape index (κ2) is 10.9. The quantitative estimate of drug-likeness (QED) is 0.272. The van der Waals surface area contributed by atoms with Crippen molar-refractivity contribution in [2.24, 2.45) is 0 Å². The van der Waals surface area contributed by atoms with Crippen molar-refractivity contribution in [2.75, 3.05) is 0 Å². The lowest BCUT2D eigenvalue weighted by molar-refractivity contribution is -0.117. The molecule has 31 heavy (non-hydrogen) atoms. The highest BCUT2D eigenvalue weighted by molar-refractivity contribution is 9.10. The van der Waals surface area contributed by atoms with Crippen molar-refractivity contribution in [1.82, 2.24) is 5.32 Å². The average Bonchev–Trinajstić information content (AvgIpc) is 2.78. The van der Waals surface area contributed by atoms with Crippen molar-refractivity contribution in [3.8, 4) is 11.8 Å². The number of nitriles is 1. The lowest BCUT2D eigenvalue weighted by atomic mass is 10.1. The van der Waals surface area contributed by atoms with Gasteiger partial charge in [-0.25, -0.2) is 0 Å². The van der Waals surface area contributed by atoms with Gasteiger partial charge in [0.2, 0.25) is 0 Å². The first kappa shape index (κ1) is 22.8. The Morgan fingerprint density at radius 3 is 2.45 bits per heavy atom. The number of carbonyl (C=O) groups excluding carboxylic acids is 1. The molecular weight excluding hydrogens is 520 g/mol. The zero-order valence-electron chi connectivity index (χ0n) is 16.8. The van der Waals surface area contributed by atoms with Crippen molar-refractivity contribution in [3.63, 3.8) is 0 Å². The predicted octanol–water partition coefficient (Wildman–Crippen LogP) is 6.57. The maximum Gasteiger partial charge on any atom is 0.262 e. The molecule has 6 heteroatoms. The van der Waals surface area contributed by atoms with Crippen LogP contribution in [0.5, 0.6) is 5.75 Å². The van der Waals surface area contributed by atoms with E-state index >= 15 is 0 Å². The zero-order chi connectivity index (χ0) is 22.2. The number of nitrogens with one attached hydrogen (secondary N) is 1. The van der Waals surface area contributed by atoms with E-state index < -0.39 is 5.91 Å². The van der Waals surface area contributed by atoms with Gasteiger partial charge in [-0.05, 0) is 69.9 Å². The van der Waals surface area contributed by atoms with Crippen LogP contribution in [0, 0.1) is 11.3 Å². The van der Waals surface area contributed by atoms with E-state index in [1.54, 1.807) is 6.08 Å². The van der Waals surface area contributed by atoms with Crippen LogP contribution in [0.15, 0.2) is 87.3 Å². The number of carbonyl (C=O) groups is 1. The van der Waals surface area contributed by atoms with Crippen LogP contribution >= 0.6 is 31.9 Å². The molecule has 0 bridgehead atoms. The molecule has 1 amide bonds. The van der Waals surface area contributed by atoms with Crippen LogP contribution in [0.4, 0.5) is 0 Å². The number of rotatable bonds is 7. The number of nitrogens with zero attached hydrogens (tertiary/aromatic N) is 1. The fourth-order valence-corrected chi connectivity index (χ4v) is 3.66. The van der Waals surface area contributed by atoms with Crippen LogP contribution in [0.2, 0.25) is 0 Å². The number of hydrogen-bond acceptors (Lipinski definition) is 3. The molecule has 0 heterocycles. The Labute approximate surface area is 198 Å². The molecule has 3 rings (SSSR count). The Bertz CT molecular complexity index is 1120. The third-order valence-electron chi connectivity index (χ3n) is 4.59. The summed E-state index contributed by atoms with van der Waals surface area (Å²) in [5.74, 6) is 0.270. The fraction of sp³-hybridized carbons (Fsp3) is 0.120. The first-order valence-corrected chi connectivity index (χ1v) is 11.2. The van der Waals surface area contributed by atoms with E-state index in [1.165, 1.54) is 0 Å². The van der Waals surface area contributed by atoms with Gasteiger partial charge in [-0.3, -0.25) is 4.79 Å². The van der Waals surface area contributed by atoms with Gasteiger partial charge in [0, 0.05) is 4.47 Å². The second-order valence-electron chi connectivity index (χ2n) is 6.88. The van der Waals surface area contributed by atoms with E-state index in [2.05, 4.69) is 37.2 Å². The number of amides is 1. The summed E-state index contributed by atoms with van der Waals surface area (Å²) in [6.45, 7) is 2.32. The molecule has 0 spiro atoms. The van der Waals surface area contributed by atoms with Crippen LogP contribution < -0.4 is 10.1 Å². The van der Waals surface area contributed by atoms with Crippen LogP contribution in [0.25, 0.3) is 6.08 Å². The Morgan fingerprint density at radius 2 is 1.81 bits per heavy atom. The average molecular weight is 540 g/mol. The minimum Gasteiger partial charge on any atom is -0.488 e. The summed E-state index contributed by atoms with van der Waals surface area (Å²) >= 11 is 6.92. The second-order valence-corrected chi connectivity index (χ2v) is 8.65. The molecule has 0 unspecified atom stereocenters. The van der Waals surface area contributed by atoms with Gasteiger partial charge in [0.05, 0.1) is 10.5 Å². The standard InChI is InChI=1S/C25H20Br2N2O2/c1-17(20-5-3-2-4-6-20)29-25(30)21(15-28)13-19-9-12-24(23(27)14-19)31-16-18-7-10-22(26)11-8-18/h2-14,17H,16H2,1H3,(H,29,30)/b21-13+/t17-/m1/s1. The number of ether oxygens (including phenoxy) is 1. The van der Waals surface area contributed by atoms with Crippen LogP contribution in [-0.2, 0) is 11.4 Å². The maximum atomic E-state index is 12.6. The Kier molecular flexibility index (Phi) is 8.05. The molecule has 0 aliphatic carbocycles. The Balaban J connectivity index is 1.67. The van der Waals surface area contributed by atoms with Gasteiger partial charge in [0.15, 0.2) is 0 Å². The third-order valence-corrected chi connectivity index (χ3v) is 5.74. The van der Waals surface area contributed by atoms with Gasteiger partial charge < -0.3 is 10.1 Å². The number of hydrogen-bond donors (Lipinski definition) is 1. The minimum atomic E-state index is -0.412. The molecule has 156 valence electrons. The van der Waals surface area contributed by atoms with Crippen LogP contribution in [-0.4, -0.2) is 5.91 Å². The Hall–Kier alpha value is -2.88. The third kappa shape index (κ3) is 6.55. The van der Waals surface area contributed by atoms with Gasteiger partial charge in [-0.15, -0.1) is 0 Å².